The molecule has 3 rings (SSSR count). The van der Waals surface area contributed by atoms with Crippen LogP contribution in [0.25, 0.3) is 0 Å². The Morgan fingerprint density at radius 3 is 2.76 bits per heavy atom. The van der Waals surface area contributed by atoms with E-state index in [0.717, 1.165) is 10.5 Å². The van der Waals surface area contributed by atoms with Crippen LogP contribution >= 0.6 is 0 Å². The Balaban J connectivity index is 1.74. The van der Waals surface area contributed by atoms with E-state index in [2.05, 4.69) is 15.4 Å². The molecule has 1 saturated heterocycles. The Bertz CT molecular complexity index is 669. The molecule has 1 aromatic heterocycles. The molecule has 1 N–H and O–H groups in total. The van der Waals surface area contributed by atoms with Crippen molar-refractivity contribution < 1.29 is 14.7 Å². The van der Waals surface area contributed by atoms with Crippen molar-refractivity contribution in [2.45, 2.75) is 18.9 Å². The van der Waals surface area contributed by atoms with Crippen molar-refractivity contribution in [2.24, 2.45) is 0 Å². The molecule has 1 atom stereocenters. The maximum atomic E-state index is 11.9. The molecule has 8 heteroatoms. The minimum Gasteiger partial charge on any atom is -0.465 e. The third kappa shape index (κ3) is 2.60. The predicted octanol–water partition coefficient (Wildman–Crippen LogP) is 0.715. The average molecular weight is 287 g/mol. The van der Waals surface area contributed by atoms with E-state index in [9.17, 15) is 9.59 Å². The van der Waals surface area contributed by atoms with Gasteiger partial charge in [0.1, 0.15) is 0 Å². The molecule has 1 fully saturated rings. The minimum atomic E-state index is -1.24. The number of rotatable bonds is 3. The Kier molecular flexibility index (Phi) is 3.35. The first-order chi connectivity index (χ1) is 10.1. The van der Waals surface area contributed by atoms with Gasteiger partial charge in [0.25, 0.3) is 5.91 Å². The van der Waals surface area contributed by atoms with Gasteiger partial charge in [-0.15, -0.1) is 10.2 Å². The first-order valence-electron chi connectivity index (χ1n) is 6.52. The molecular formula is C13H13N5O3. The van der Waals surface area contributed by atoms with Gasteiger partial charge in [-0.1, -0.05) is 30.3 Å². The number of carbonyl (C=O) groups is 2. The summed E-state index contributed by atoms with van der Waals surface area (Å²) in [4.78, 5) is 24.8. The second kappa shape index (κ2) is 5.31. The zero-order chi connectivity index (χ0) is 14.8. The summed E-state index contributed by atoms with van der Waals surface area (Å²) in [5.74, 6) is -0.00561. The monoisotopic (exact) mass is 287 g/mol. The number of amides is 2. The molecule has 0 bridgehead atoms. The fourth-order valence-electron chi connectivity index (χ4n) is 2.31. The van der Waals surface area contributed by atoms with E-state index < -0.39 is 18.0 Å². The molecule has 2 heterocycles. The number of carboxylic acid groups (broad SMARTS) is 1. The molecule has 1 aliphatic heterocycles. The van der Waals surface area contributed by atoms with E-state index in [1.54, 1.807) is 0 Å². The molecule has 2 amide bonds. The summed E-state index contributed by atoms with van der Waals surface area (Å²) in [7, 11) is 0. The molecule has 0 radical (unpaired) electrons. The van der Waals surface area contributed by atoms with Crippen molar-refractivity contribution in [1.29, 1.82) is 0 Å². The van der Waals surface area contributed by atoms with Gasteiger partial charge < -0.3 is 5.11 Å². The lowest BCUT2D eigenvalue weighted by Gasteiger charge is -2.09. The standard InChI is InChI=1S/C13H13N5O3/c19-12-10(6-7-17(12)13(20)21)18-15-11(14-16-18)8-9-4-2-1-3-5-9/h1-5,10H,6-8H2,(H,20,21). The molecule has 0 spiro atoms. The van der Waals surface area contributed by atoms with E-state index >= 15 is 0 Å². The fraction of sp³-hybridized carbons (Fsp3) is 0.308. The average Bonchev–Trinajstić information content (AvgIpc) is 3.06. The van der Waals surface area contributed by atoms with Crippen LogP contribution in [0.2, 0.25) is 0 Å². The summed E-state index contributed by atoms with van der Waals surface area (Å²) in [6.07, 6.45) is -0.358. The number of carbonyl (C=O) groups excluding carboxylic acids is 1. The molecule has 1 unspecified atom stereocenters. The van der Waals surface area contributed by atoms with E-state index in [0.29, 0.717) is 18.7 Å². The molecule has 1 aliphatic rings. The predicted molar refractivity (Wildman–Crippen MR) is 70.5 cm³/mol. The zero-order valence-electron chi connectivity index (χ0n) is 11.1. The number of tetrazole rings is 1. The van der Waals surface area contributed by atoms with E-state index in [1.807, 2.05) is 30.3 Å². The molecular weight excluding hydrogens is 274 g/mol. The van der Waals surface area contributed by atoms with E-state index in [1.165, 1.54) is 4.80 Å². The first-order valence-corrected chi connectivity index (χ1v) is 6.52. The van der Waals surface area contributed by atoms with Crippen molar-refractivity contribution in [1.82, 2.24) is 25.1 Å². The van der Waals surface area contributed by atoms with Gasteiger partial charge in [0.05, 0.1) is 0 Å². The second-order valence-corrected chi connectivity index (χ2v) is 4.77. The highest BCUT2D eigenvalue weighted by Crippen LogP contribution is 2.21. The number of nitrogens with zero attached hydrogens (tertiary/aromatic N) is 5. The van der Waals surface area contributed by atoms with Crippen LogP contribution in [0.1, 0.15) is 23.9 Å². The molecule has 1 aromatic carbocycles. The minimum absolute atomic E-state index is 0.161. The maximum Gasteiger partial charge on any atom is 0.414 e. The van der Waals surface area contributed by atoms with Crippen LogP contribution in [0.15, 0.2) is 30.3 Å². The Labute approximate surface area is 120 Å². The Morgan fingerprint density at radius 2 is 2.10 bits per heavy atom. The van der Waals surface area contributed by atoms with Crippen molar-refractivity contribution in [3.8, 4) is 0 Å². The van der Waals surface area contributed by atoms with E-state index in [-0.39, 0.29) is 6.54 Å². The Morgan fingerprint density at radius 1 is 1.33 bits per heavy atom. The molecule has 8 nitrogen and oxygen atoms in total. The third-order valence-electron chi connectivity index (χ3n) is 3.36. The number of aromatic nitrogens is 4. The van der Waals surface area contributed by atoms with Gasteiger partial charge in [-0.3, -0.25) is 4.79 Å². The van der Waals surface area contributed by atoms with Crippen LogP contribution in [0.5, 0.6) is 0 Å². The summed E-state index contributed by atoms with van der Waals surface area (Å²) in [6.45, 7) is 0.161. The van der Waals surface area contributed by atoms with Crippen molar-refractivity contribution in [3.63, 3.8) is 0 Å². The topological polar surface area (TPSA) is 101 Å². The quantitative estimate of drug-likeness (QED) is 0.892. The second-order valence-electron chi connectivity index (χ2n) is 4.77. The van der Waals surface area contributed by atoms with Gasteiger partial charge in [0, 0.05) is 13.0 Å². The van der Waals surface area contributed by atoms with Gasteiger partial charge in [-0.2, -0.15) is 4.80 Å². The summed E-state index contributed by atoms with van der Waals surface area (Å²) < 4.78 is 0. The highest BCUT2D eigenvalue weighted by Gasteiger charge is 2.38. The lowest BCUT2D eigenvalue weighted by molar-refractivity contribution is -0.129. The highest BCUT2D eigenvalue weighted by molar-refractivity contribution is 5.95. The van der Waals surface area contributed by atoms with Crippen molar-refractivity contribution in [2.75, 3.05) is 6.54 Å². The normalized spacial score (nSPS) is 18.2. The van der Waals surface area contributed by atoms with Gasteiger partial charge in [0.2, 0.25) is 0 Å². The smallest absolute Gasteiger partial charge is 0.414 e. The molecule has 0 saturated carbocycles. The van der Waals surface area contributed by atoms with Gasteiger partial charge in [-0.25, -0.2) is 9.69 Å². The van der Waals surface area contributed by atoms with Crippen LogP contribution in [-0.2, 0) is 11.2 Å². The SMILES string of the molecule is O=C(O)N1CCC(n2nnc(Cc3ccccc3)n2)C1=O. The lowest BCUT2D eigenvalue weighted by Crippen LogP contribution is -2.33. The molecule has 2 aromatic rings. The number of imide groups is 1. The summed E-state index contributed by atoms with van der Waals surface area (Å²) >= 11 is 0. The third-order valence-corrected chi connectivity index (χ3v) is 3.36. The largest absolute Gasteiger partial charge is 0.465 e. The van der Waals surface area contributed by atoms with Crippen molar-refractivity contribution >= 4 is 12.0 Å². The first kappa shape index (κ1) is 13.2. The zero-order valence-corrected chi connectivity index (χ0v) is 11.1. The van der Waals surface area contributed by atoms with Crippen molar-refractivity contribution in [3.05, 3.63) is 41.7 Å². The number of hydrogen-bond acceptors (Lipinski definition) is 5. The van der Waals surface area contributed by atoms with Gasteiger partial charge in [0.15, 0.2) is 11.9 Å². The van der Waals surface area contributed by atoms with Crippen LogP contribution in [0.3, 0.4) is 0 Å². The molecule has 108 valence electrons. The summed E-state index contributed by atoms with van der Waals surface area (Å²) in [6, 6.07) is 8.99. The summed E-state index contributed by atoms with van der Waals surface area (Å²) in [5.41, 5.74) is 1.04. The maximum absolute atomic E-state index is 11.9. The van der Waals surface area contributed by atoms with Crippen LogP contribution < -0.4 is 0 Å². The lowest BCUT2D eigenvalue weighted by atomic mass is 10.1. The highest BCUT2D eigenvalue weighted by atomic mass is 16.4. The fourth-order valence-corrected chi connectivity index (χ4v) is 2.31. The Hall–Kier alpha value is -2.77. The summed E-state index contributed by atoms with van der Waals surface area (Å²) in [5, 5.41) is 20.9. The number of benzene rings is 1. The number of likely N-dealkylation sites (tertiary alicyclic amines) is 1. The molecule has 0 aliphatic carbocycles. The van der Waals surface area contributed by atoms with Crippen LogP contribution in [0.4, 0.5) is 4.79 Å². The van der Waals surface area contributed by atoms with Gasteiger partial charge >= 0.3 is 6.09 Å². The number of hydrogen-bond donors (Lipinski definition) is 1. The van der Waals surface area contributed by atoms with E-state index in [4.69, 9.17) is 5.11 Å². The molecule has 21 heavy (non-hydrogen) atoms. The van der Waals surface area contributed by atoms with Crippen LogP contribution in [-0.4, -0.2) is 48.8 Å². The van der Waals surface area contributed by atoms with Gasteiger partial charge in [-0.05, 0) is 17.2 Å². The van der Waals surface area contributed by atoms with Crippen LogP contribution in [0, 0.1) is 0 Å².